The van der Waals surface area contributed by atoms with Gasteiger partial charge in [0.1, 0.15) is 5.75 Å². The van der Waals surface area contributed by atoms with Crippen molar-refractivity contribution in [1.29, 1.82) is 0 Å². The molecule has 20 heavy (non-hydrogen) atoms. The molecule has 3 rings (SSSR count). The van der Waals surface area contributed by atoms with E-state index in [9.17, 15) is 5.11 Å². The van der Waals surface area contributed by atoms with Crippen LogP contribution in [0.3, 0.4) is 0 Å². The Morgan fingerprint density at radius 3 is 2.70 bits per heavy atom. The van der Waals surface area contributed by atoms with Gasteiger partial charge in [-0.1, -0.05) is 24.3 Å². The number of aromatic amines is 1. The van der Waals surface area contributed by atoms with E-state index in [1.165, 1.54) is 22.0 Å². The fourth-order valence-corrected chi connectivity index (χ4v) is 2.42. The Kier molecular flexibility index (Phi) is 3.70. The maximum atomic E-state index is 9.24. The van der Waals surface area contributed by atoms with Crippen molar-refractivity contribution in [2.24, 2.45) is 0 Å². The van der Waals surface area contributed by atoms with Crippen LogP contribution in [0.15, 0.2) is 54.7 Å². The largest absolute Gasteiger partial charge is 0.508 e. The summed E-state index contributed by atoms with van der Waals surface area (Å²) in [6, 6.07) is 15.8. The molecule has 0 radical (unpaired) electrons. The SMILES string of the molecule is Oc1ccc(CCNCc2cccc3[nH]ccc23)cc1. The van der Waals surface area contributed by atoms with Gasteiger partial charge in [0, 0.05) is 23.6 Å². The summed E-state index contributed by atoms with van der Waals surface area (Å²) in [5.74, 6) is 0.320. The van der Waals surface area contributed by atoms with Crippen molar-refractivity contribution >= 4 is 10.9 Å². The van der Waals surface area contributed by atoms with Crippen LogP contribution in [0.25, 0.3) is 10.9 Å². The first kappa shape index (κ1) is 12.8. The lowest BCUT2D eigenvalue weighted by Gasteiger charge is -2.06. The van der Waals surface area contributed by atoms with Gasteiger partial charge in [-0.25, -0.2) is 0 Å². The Labute approximate surface area is 118 Å². The number of fused-ring (bicyclic) bond motifs is 1. The Balaban J connectivity index is 1.55. The molecular formula is C17H18N2O. The first-order chi connectivity index (χ1) is 9.83. The lowest BCUT2D eigenvalue weighted by Crippen LogP contribution is -2.16. The first-order valence-electron chi connectivity index (χ1n) is 6.86. The molecule has 0 atom stereocenters. The van der Waals surface area contributed by atoms with Gasteiger partial charge in [0.2, 0.25) is 0 Å². The van der Waals surface area contributed by atoms with Crippen molar-refractivity contribution < 1.29 is 5.11 Å². The van der Waals surface area contributed by atoms with E-state index in [-0.39, 0.29) is 0 Å². The van der Waals surface area contributed by atoms with E-state index < -0.39 is 0 Å². The zero-order chi connectivity index (χ0) is 13.8. The zero-order valence-corrected chi connectivity index (χ0v) is 11.3. The Bertz CT molecular complexity index is 686. The third-order valence-corrected chi connectivity index (χ3v) is 3.53. The molecule has 3 aromatic rings. The molecule has 0 saturated heterocycles. The summed E-state index contributed by atoms with van der Waals surface area (Å²) in [6.45, 7) is 1.79. The van der Waals surface area contributed by atoms with Gasteiger partial charge in [-0.15, -0.1) is 0 Å². The lowest BCUT2D eigenvalue weighted by molar-refractivity contribution is 0.475. The molecule has 3 nitrogen and oxygen atoms in total. The van der Waals surface area contributed by atoms with Crippen LogP contribution in [0.4, 0.5) is 0 Å². The van der Waals surface area contributed by atoms with E-state index >= 15 is 0 Å². The Morgan fingerprint density at radius 1 is 1.00 bits per heavy atom. The minimum Gasteiger partial charge on any atom is -0.508 e. The molecule has 1 heterocycles. The van der Waals surface area contributed by atoms with Crippen molar-refractivity contribution in [2.75, 3.05) is 6.54 Å². The molecule has 0 bridgehead atoms. The average Bonchev–Trinajstić information content (AvgIpc) is 2.94. The zero-order valence-electron chi connectivity index (χ0n) is 11.3. The van der Waals surface area contributed by atoms with Gasteiger partial charge in [-0.05, 0) is 48.4 Å². The molecule has 0 aliphatic carbocycles. The molecule has 0 saturated carbocycles. The van der Waals surface area contributed by atoms with Gasteiger partial charge in [0.25, 0.3) is 0 Å². The van der Waals surface area contributed by atoms with Crippen molar-refractivity contribution in [3.8, 4) is 5.75 Å². The molecular weight excluding hydrogens is 248 g/mol. The fourth-order valence-electron chi connectivity index (χ4n) is 2.42. The highest BCUT2D eigenvalue weighted by atomic mass is 16.3. The monoisotopic (exact) mass is 266 g/mol. The number of H-pyrrole nitrogens is 1. The Hall–Kier alpha value is -2.26. The molecule has 0 aliphatic rings. The van der Waals surface area contributed by atoms with Crippen molar-refractivity contribution in [3.05, 3.63) is 65.9 Å². The summed E-state index contributed by atoms with van der Waals surface area (Å²) < 4.78 is 0. The highest BCUT2D eigenvalue weighted by Gasteiger charge is 2.01. The maximum Gasteiger partial charge on any atom is 0.115 e. The third-order valence-electron chi connectivity index (χ3n) is 3.53. The topological polar surface area (TPSA) is 48.0 Å². The standard InChI is InChI=1S/C17H18N2O/c20-15-6-4-13(5-7-15)8-10-18-12-14-2-1-3-17-16(14)9-11-19-17/h1-7,9,11,18-20H,8,10,12H2. The van der Waals surface area contributed by atoms with Crippen LogP contribution in [0.2, 0.25) is 0 Å². The van der Waals surface area contributed by atoms with Crippen molar-refractivity contribution in [3.63, 3.8) is 0 Å². The molecule has 102 valence electrons. The van der Waals surface area contributed by atoms with Crippen LogP contribution in [-0.2, 0) is 13.0 Å². The molecule has 0 spiro atoms. The van der Waals surface area contributed by atoms with Gasteiger partial charge < -0.3 is 15.4 Å². The number of nitrogens with one attached hydrogen (secondary N) is 2. The van der Waals surface area contributed by atoms with Crippen LogP contribution in [0.5, 0.6) is 5.75 Å². The van der Waals surface area contributed by atoms with Crippen LogP contribution in [0.1, 0.15) is 11.1 Å². The normalized spacial score (nSPS) is 11.0. The minimum absolute atomic E-state index is 0.320. The lowest BCUT2D eigenvalue weighted by atomic mass is 10.1. The summed E-state index contributed by atoms with van der Waals surface area (Å²) in [7, 11) is 0. The Morgan fingerprint density at radius 2 is 1.85 bits per heavy atom. The highest BCUT2D eigenvalue weighted by Crippen LogP contribution is 2.17. The van der Waals surface area contributed by atoms with Gasteiger partial charge in [-0.3, -0.25) is 0 Å². The first-order valence-corrected chi connectivity index (χ1v) is 6.86. The van der Waals surface area contributed by atoms with E-state index in [2.05, 4.69) is 34.6 Å². The second-order valence-electron chi connectivity index (χ2n) is 4.95. The quantitative estimate of drug-likeness (QED) is 0.621. The van der Waals surface area contributed by atoms with Crippen molar-refractivity contribution in [1.82, 2.24) is 10.3 Å². The smallest absolute Gasteiger partial charge is 0.115 e. The predicted octanol–water partition coefficient (Wildman–Crippen LogP) is 3.21. The van der Waals surface area contributed by atoms with E-state index in [1.54, 1.807) is 12.1 Å². The van der Waals surface area contributed by atoms with Gasteiger partial charge in [0.15, 0.2) is 0 Å². The summed E-state index contributed by atoms with van der Waals surface area (Å²) in [4.78, 5) is 3.23. The van der Waals surface area contributed by atoms with E-state index in [1.807, 2.05) is 18.3 Å². The van der Waals surface area contributed by atoms with Crippen LogP contribution < -0.4 is 5.32 Å². The number of aromatic hydroxyl groups is 1. The maximum absolute atomic E-state index is 9.24. The number of phenols is 1. The molecule has 0 amide bonds. The molecule has 0 aliphatic heterocycles. The van der Waals surface area contributed by atoms with Crippen molar-refractivity contribution in [2.45, 2.75) is 13.0 Å². The van der Waals surface area contributed by atoms with E-state index in [0.29, 0.717) is 5.75 Å². The summed E-state index contributed by atoms with van der Waals surface area (Å²) in [5, 5.41) is 14.0. The number of hydrogen-bond acceptors (Lipinski definition) is 2. The molecule has 3 N–H and O–H groups in total. The van der Waals surface area contributed by atoms with E-state index in [0.717, 1.165) is 19.5 Å². The molecule has 0 unspecified atom stereocenters. The molecule has 0 fully saturated rings. The van der Waals surface area contributed by atoms with Crippen LogP contribution in [-0.4, -0.2) is 16.6 Å². The van der Waals surface area contributed by atoms with Crippen LogP contribution >= 0.6 is 0 Å². The van der Waals surface area contributed by atoms with Gasteiger partial charge >= 0.3 is 0 Å². The average molecular weight is 266 g/mol. The number of rotatable bonds is 5. The number of aromatic nitrogens is 1. The van der Waals surface area contributed by atoms with Gasteiger partial charge in [-0.2, -0.15) is 0 Å². The fraction of sp³-hybridized carbons (Fsp3) is 0.176. The number of phenolic OH excluding ortho intramolecular Hbond substituents is 1. The third kappa shape index (κ3) is 2.83. The van der Waals surface area contributed by atoms with Gasteiger partial charge in [0.05, 0.1) is 0 Å². The summed E-state index contributed by atoms with van der Waals surface area (Å²) in [5.41, 5.74) is 3.73. The number of hydrogen-bond donors (Lipinski definition) is 3. The second kappa shape index (κ2) is 5.80. The predicted molar refractivity (Wildman–Crippen MR) is 81.8 cm³/mol. The summed E-state index contributed by atoms with van der Waals surface area (Å²) >= 11 is 0. The van der Waals surface area contributed by atoms with E-state index in [4.69, 9.17) is 0 Å². The highest BCUT2D eigenvalue weighted by molar-refractivity contribution is 5.82. The molecule has 1 aromatic heterocycles. The second-order valence-corrected chi connectivity index (χ2v) is 4.95. The summed E-state index contributed by atoms with van der Waals surface area (Å²) in [6.07, 6.45) is 2.94. The minimum atomic E-state index is 0.320. The number of benzene rings is 2. The van der Waals surface area contributed by atoms with Crippen LogP contribution in [0, 0.1) is 0 Å². The molecule has 3 heteroatoms. The molecule has 2 aromatic carbocycles.